The van der Waals surface area contributed by atoms with Crippen molar-refractivity contribution in [3.63, 3.8) is 0 Å². The molecule has 2 rings (SSSR count). The molecule has 0 fully saturated rings. The van der Waals surface area contributed by atoms with E-state index < -0.39 is 5.82 Å². The molecule has 0 amide bonds. The summed E-state index contributed by atoms with van der Waals surface area (Å²) in [5, 5.41) is 9.77. The fourth-order valence-electron chi connectivity index (χ4n) is 1.54. The van der Waals surface area contributed by atoms with E-state index in [1.165, 1.54) is 12.1 Å². The van der Waals surface area contributed by atoms with Crippen molar-refractivity contribution in [3.8, 4) is 17.6 Å². The van der Waals surface area contributed by atoms with Gasteiger partial charge in [0, 0.05) is 11.4 Å². The van der Waals surface area contributed by atoms with Crippen LogP contribution < -0.4 is 4.74 Å². The van der Waals surface area contributed by atoms with Crippen LogP contribution in [-0.2, 0) is 5.33 Å². The number of hydrogen-bond donors (Lipinski definition) is 0. The zero-order valence-corrected chi connectivity index (χ0v) is 13.9. The van der Waals surface area contributed by atoms with E-state index in [4.69, 9.17) is 21.6 Å². The van der Waals surface area contributed by atoms with Crippen molar-refractivity contribution in [1.82, 2.24) is 0 Å². The molecule has 0 aliphatic rings. The van der Waals surface area contributed by atoms with Gasteiger partial charge in [-0.1, -0.05) is 33.6 Å². The van der Waals surface area contributed by atoms with Crippen LogP contribution in [0.2, 0.25) is 5.02 Å². The van der Waals surface area contributed by atoms with E-state index in [2.05, 4.69) is 37.9 Å². The molecular weight excluding hydrogens is 412 g/mol. The van der Waals surface area contributed by atoms with Gasteiger partial charge in [-0.25, -0.2) is 4.39 Å². The van der Waals surface area contributed by atoms with Gasteiger partial charge < -0.3 is 4.74 Å². The Morgan fingerprint density at radius 3 is 2.65 bits per heavy atom. The topological polar surface area (TPSA) is 33.0 Å². The summed E-state index contributed by atoms with van der Waals surface area (Å²) in [6, 6.07) is 9.85. The van der Waals surface area contributed by atoms with Crippen LogP contribution >= 0.6 is 43.5 Å². The molecule has 0 N–H and O–H groups in total. The molecule has 0 bridgehead atoms. The van der Waals surface area contributed by atoms with Gasteiger partial charge in [-0.15, -0.1) is 0 Å². The minimum absolute atomic E-state index is 0.000585. The molecule has 2 nitrogen and oxygen atoms in total. The summed E-state index contributed by atoms with van der Waals surface area (Å²) in [6.07, 6.45) is 0. The highest BCUT2D eigenvalue weighted by Gasteiger charge is 2.11. The maximum absolute atomic E-state index is 13.5. The second-order valence-electron chi connectivity index (χ2n) is 3.87. The van der Waals surface area contributed by atoms with Gasteiger partial charge >= 0.3 is 0 Å². The number of hydrogen-bond acceptors (Lipinski definition) is 2. The standard InChI is InChI=1S/C14H7Br2ClFNO/c15-6-8-1-2-13(9(3-8)7-19)20-14-5-12(18)11(17)4-10(14)16/h1-5H,6H2. The van der Waals surface area contributed by atoms with Crippen LogP contribution in [0.3, 0.4) is 0 Å². The van der Waals surface area contributed by atoms with Gasteiger partial charge in [0.15, 0.2) is 0 Å². The molecule has 2 aromatic carbocycles. The van der Waals surface area contributed by atoms with E-state index in [-0.39, 0.29) is 10.8 Å². The summed E-state index contributed by atoms with van der Waals surface area (Å²) in [7, 11) is 0. The summed E-state index contributed by atoms with van der Waals surface area (Å²) < 4.78 is 19.6. The van der Waals surface area contributed by atoms with Gasteiger partial charge in [-0.2, -0.15) is 5.26 Å². The van der Waals surface area contributed by atoms with Crippen molar-refractivity contribution in [3.05, 3.63) is 56.8 Å². The Balaban J connectivity index is 2.40. The SMILES string of the molecule is N#Cc1cc(CBr)ccc1Oc1cc(F)c(Cl)cc1Br. The van der Waals surface area contributed by atoms with Crippen molar-refractivity contribution in [1.29, 1.82) is 5.26 Å². The van der Waals surface area contributed by atoms with Crippen LogP contribution in [-0.4, -0.2) is 0 Å². The van der Waals surface area contributed by atoms with Crippen LogP contribution in [0, 0.1) is 17.1 Å². The molecule has 0 spiro atoms. The van der Waals surface area contributed by atoms with E-state index in [0.29, 0.717) is 21.1 Å². The Morgan fingerprint density at radius 2 is 2.00 bits per heavy atom. The highest BCUT2D eigenvalue weighted by Crippen LogP contribution is 2.35. The fourth-order valence-corrected chi connectivity index (χ4v) is 2.61. The van der Waals surface area contributed by atoms with E-state index in [0.717, 1.165) is 5.56 Å². The average molecular weight is 419 g/mol. The number of rotatable bonds is 3. The van der Waals surface area contributed by atoms with Gasteiger partial charge in [0.05, 0.1) is 15.1 Å². The summed E-state index contributed by atoms with van der Waals surface area (Å²) in [5.41, 5.74) is 1.33. The van der Waals surface area contributed by atoms with Crippen molar-refractivity contribution in [2.24, 2.45) is 0 Å². The zero-order valence-electron chi connectivity index (χ0n) is 9.96. The number of halogens is 4. The van der Waals surface area contributed by atoms with Crippen molar-refractivity contribution in [2.75, 3.05) is 0 Å². The lowest BCUT2D eigenvalue weighted by atomic mass is 10.1. The molecule has 0 unspecified atom stereocenters. The first kappa shape index (κ1) is 15.3. The lowest BCUT2D eigenvalue weighted by Crippen LogP contribution is -1.92. The zero-order chi connectivity index (χ0) is 14.7. The van der Waals surface area contributed by atoms with Crippen LogP contribution in [0.15, 0.2) is 34.8 Å². The maximum atomic E-state index is 13.5. The molecule has 0 atom stereocenters. The van der Waals surface area contributed by atoms with Crippen LogP contribution in [0.5, 0.6) is 11.5 Å². The fraction of sp³-hybridized carbons (Fsp3) is 0.0714. The van der Waals surface area contributed by atoms with Gasteiger partial charge in [-0.05, 0) is 39.7 Å². The lowest BCUT2D eigenvalue weighted by molar-refractivity contribution is 0.472. The molecule has 6 heteroatoms. The highest BCUT2D eigenvalue weighted by molar-refractivity contribution is 9.10. The third-order valence-electron chi connectivity index (χ3n) is 2.51. The Labute approximate surface area is 137 Å². The van der Waals surface area contributed by atoms with Gasteiger partial charge in [0.2, 0.25) is 0 Å². The van der Waals surface area contributed by atoms with E-state index >= 15 is 0 Å². The minimum atomic E-state index is -0.583. The highest BCUT2D eigenvalue weighted by atomic mass is 79.9. The predicted molar refractivity (Wildman–Crippen MR) is 83.0 cm³/mol. The Morgan fingerprint density at radius 1 is 1.25 bits per heavy atom. The van der Waals surface area contributed by atoms with Crippen molar-refractivity contribution in [2.45, 2.75) is 5.33 Å². The number of nitrogens with zero attached hydrogens (tertiary/aromatic N) is 1. The number of ether oxygens (including phenoxy) is 1. The minimum Gasteiger partial charge on any atom is -0.455 e. The molecule has 2 aromatic rings. The summed E-state index contributed by atoms with van der Waals surface area (Å²) in [6.45, 7) is 0. The molecule has 0 heterocycles. The maximum Gasteiger partial charge on any atom is 0.145 e. The number of nitriles is 1. The van der Waals surface area contributed by atoms with Crippen molar-refractivity contribution < 1.29 is 9.13 Å². The Kier molecular flexibility index (Phi) is 5.03. The van der Waals surface area contributed by atoms with Crippen molar-refractivity contribution >= 4 is 43.5 Å². The summed E-state index contributed by atoms with van der Waals surface area (Å²) in [5.74, 6) is 0.0371. The van der Waals surface area contributed by atoms with Gasteiger partial charge in [0.1, 0.15) is 23.4 Å². The first-order valence-corrected chi connectivity index (χ1v) is 7.75. The lowest BCUT2D eigenvalue weighted by Gasteiger charge is -2.10. The van der Waals surface area contributed by atoms with E-state index in [1.807, 2.05) is 6.07 Å². The van der Waals surface area contributed by atoms with E-state index in [1.54, 1.807) is 12.1 Å². The number of alkyl halides is 1. The first-order valence-electron chi connectivity index (χ1n) is 5.46. The molecule has 0 aliphatic heterocycles. The first-order chi connectivity index (χ1) is 9.55. The van der Waals surface area contributed by atoms with Gasteiger partial charge in [-0.3, -0.25) is 0 Å². The largest absolute Gasteiger partial charge is 0.455 e. The van der Waals surface area contributed by atoms with Crippen LogP contribution in [0.4, 0.5) is 4.39 Å². The number of benzene rings is 2. The monoisotopic (exact) mass is 417 g/mol. The molecule has 0 aliphatic carbocycles. The molecular formula is C14H7Br2ClFNO. The molecule has 0 saturated heterocycles. The van der Waals surface area contributed by atoms with Crippen LogP contribution in [0.25, 0.3) is 0 Å². The van der Waals surface area contributed by atoms with E-state index in [9.17, 15) is 4.39 Å². The molecule has 0 aromatic heterocycles. The Hall–Kier alpha value is -1.09. The smallest absolute Gasteiger partial charge is 0.145 e. The summed E-state index contributed by atoms with van der Waals surface area (Å²) in [4.78, 5) is 0. The van der Waals surface area contributed by atoms with Crippen LogP contribution in [0.1, 0.15) is 11.1 Å². The second-order valence-corrected chi connectivity index (χ2v) is 5.70. The third-order valence-corrected chi connectivity index (χ3v) is 4.07. The third kappa shape index (κ3) is 3.32. The Bertz CT molecular complexity index is 700. The average Bonchev–Trinajstić information content (AvgIpc) is 2.45. The second kappa shape index (κ2) is 6.57. The molecule has 20 heavy (non-hydrogen) atoms. The predicted octanol–water partition coefficient (Wildman–Crippen LogP) is 5.80. The summed E-state index contributed by atoms with van der Waals surface area (Å²) >= 11 is 12.2. The molecule has 0 radical (unpaired) electrons. The molecule has 0 saturated carbocycles. The normalized spacial score (nSPS) is 10.2. The van der Waals surface area contributed by atoms with Gasteiger partial charge in [0.25, 0.3) is 0 Å². The molecule has 102 valence electrons. The quantitative estimate of drug-likeness (QED) is 0.465.